The van der Waals surface area contributed by atoms with E-state index in [9.17, 15) is 47.9 Å². The van der Waals surface area contributed by atoms with E-state index in [1.807, 2.05) is 0 Å². The molecule has 1 N–H and O–H groups in total. The van der Waals surface area contributed by atoms with Crippen molar-refractivity contribution < 1.29 is 66.9 Å². The fraction of sp³-hybridized carbons (Fsp3) is 0.436. The number of hydrogen-bond donors (Lipinski definition) is 1. The summed E-state index contributed by atoms with van der Waals surface area (Å²) in [5.41, 5.74) is -1.23. The maximum absolute atomic E-state index is 13.0. The number of piperidine rings is 2. The molecule has 4 heterocycles. The Kier molecular flexibility index (Phi) is 11.7. The first kappa shape index (κ1) is 41.7. The molecule has 2 aromatic carbocycles. The molecule has 8 amide bonds. The van der Waals surface area contributed by atoms with E-state index in [1.54, 1.807) is 41.5 Å². The zero-order valence-corrected chi connectivity index (χ0v) is 32.4. The van der Waals surface area contributed by atoms with E-state index in [0.717, 1.165) is 14.7 Å². The number of imide groups is 4. The van der Waals surface area contributed by atoms with Gasteiger partial charge in [0, 0.05) is 19.9 Å². The first-order valence-electron chi connectivity index (χ1n) is 17.9. The molecule has 18 nitrogen and oxygen atoms in total. The van der Waals surface area contributed by atoms with Gasteiger partial charge < -0.3 is 18.9 Å². The number of likely N-dealkylation sites (tertiary alicyclic amines) is 1. The average Bonchev–Trinajstić information content (AvgIpc) is 3.52. The van der Waals surface area contributed by atoms with Gasteiger partial charge in [-0.2, -0.15) is 0 Å². The van der Waals surface area contributed by atoms with Crippen molar-refractivity contribution in [3.05, 3.63) is 58.7 Å². The van der Waals surface area contributed by atoms with Crippen molar-refractivity contribution in [2.24, 2.45) is 0 Å². The maximum atomic E-state index is 13.0. The molecule has 2 aromatic rings. The number of esters is 2. The van der Waals surface area contributed by atoms with Gasteiger partial charge in [0.25, 0.3) is 29.5 Å². The topological polar surface area (TPSA) is 229 Å². The molecule has 2 atom stereocenters. The third kappa shape index (κ3) is 9.00. The molecule has 4 aliphatic heterocycles. The molecule has 0 bridgehead atoms. The van der Waals surface area contributed by atoms with Gasteiger partial charge in [-0.3, -0.25) is 58.4 Å². The van der Waals surface area contributed by atoms with Crippen molar-refractivity contribution >= 4 is 59.2 Å². The predicted octanol–water partition coefficient (Wildman–Crippen LogP) is 1.96. The Balaban J connectivity index is 0.000000218. The summed E-state index contributed by atoms with van der Waals surface area (Å²) in [5, 5.41) is 2.13. The molecule has 0 aliphatic carbocycles. The highest BCUT2D eigenvalue weighted by atomic mass is 16.6. The molecule has 4 aliphatic rings. The van der Waals surface area contributed by atoms with Crippen molar-refractivity contribution in [2.75, 3.05) is 20.3 Å². The Morgan fingerprint density at radius 1 is 0.649 bits per heavy atom. The summed E-state index contributed by atoms with van der Waals surface area (Å²) in [4.78, 5) is 125. The minimum Gasteiger partial charge on any atom is -0.481 e. The van der Waals surface area contributed by atoms with Crippen LogP contribution in [0.1, 0.15) is 109 Å². The first-order valence-corrected chi connectivity index (χ1v) is 17.9. The fourth-order valence-electron chi connectivity index (χ4n) is 6.43. The second kappa shape index (κ2) is 16.0. The second-order valence-electron chi connectivity index (χ2n) is 15.4. The standard InChI is InChI=1S/C20H22N2O7.C19H20N2O7/c1-20(2,3)29-15(24)10-28-13-7-5-6-11-16(13)19(27)22(17(11)25)12-8-9-14(23)21(4)18(12)26;1-19(2,3)28-14(23)9-27-12-6-4-5-10-15(12)18(26)21(17(10)25)11-7-8-13(22)20-16(11)24/h5-7,12H,8-10H2,1-4H3;4-6,11H,7-9H2,1-3H3,(H,20,22,24). The van der Waals surface area contributed by atoms with Crippen LogP contribution in [-0.4, -0.2) is 117 Å². The Hall–Kier alpha value is -6.46. The van der Waals surface area contributed by atoms with Crippen LogP contribution < -0.4 is 14.8 Å². The number of benzene rings is 2. The van der Waals surface area contributed by atoms with Gasteiger partial charge >= 0.3 is 11.9 Å². The van der Waals surface area contributed by atoms with Gasteiger partial charge in [0.05, 0.1) is 22.3 Å². The van der Waals surface area contributed by atoms with Crippen LogP contribution >= 0.6 is 0 Å². The van der Waals surface area contributed by atoms with Gasteiger partial charge in [0.2, 0.25) is 17.7 Å². The highest BCUT2D eigenvalue weighted by Gasteiger charge is 2.48. The lowest BCUT2D eigenvalue weighted by atomic mass is 10.0. The van der Waals surface area contributed by atoms with Crippen molar-refractivity contribution in [1.82, 2.24) is 20.0 Å². The predicted molar refractivity (Wildman–Crippen MR) is 194 cm³/mol. The molecule has 0 radical (unpaired) electrons. The third-order valence-electron chi connectivity index (χ3n) is 8.80. The largest absolute Gasteiger partial charge is 0.481 e. The summed E-state index contributed by atoms with van der Waals surface area (Å²) in [6.07, 6.45) is 0.222. The number of carbonyl (C=O) groups excluding carboxylic acids is 10. The number of nitrogens with one attached hydrogen (secondary N) is 1. The number of amides is 8. The molecule has 0 saturated carbocycles. The number of ether oxygens (including phenoxy) is 4. The summed E-state index contributed by atoms with van der Waals surface area (Å²) >= 11 is 0. The molecule has 6 rings (SSSR count). The highest BCUT2D eigenvalue weighted by Crippen LogP contribution is 2.35. The summed E-state index contributed by atoms with van der Waals surface area (Å²) in [6.45, 7) is 9.42. The summed E-state index contributed by atoms with van der Waals surface area (Å²) in [5.74, 6) is -5.89. The van der Waals surface area contributed by atoms with Crippen LogP contribution in [0.25, 0.3) is 0 Å². The molecule has 57 heavy (non-hydrogen) atoms. The third-order valence-corrected chi connectivity index (χ3v) is 8.80. The van der Waals surface area contributed by atoms with Gasteiger partial charge in [-0.25, -0.2) is 9.59 Å². The second-order valence-corrected chi connectivity index (χ2v) is 15.4. The van der Waals surface area contributed by atoms with Crippen LogP contribution in [-0.2, 0) is 38.2 Å². The number of fused-ring (bicyclic) bond motifs is 2. The molecule has 0 spiro atoms. The van der Waals surface area contributed by atoms with Gasteiger partial charge in [-0.1, -0.05) is 12.1 Å². The molecule has 2 fully saturated rings. The van der Waals surface area contributed by atoms with Crippen LogP contribution in [0, 0.1) is 0 Å². The number of hydrogen-bond acceptors (Lipinski definition) is 14. The zero-order chi connectivity index (χ0) is 42.1. The van der Waals surface area contributed by atoms with E-state index < -0.39 is 89.8 Å². The van der Waals surface area contributed by atoms with Gasteiger partial charge in [0.1, 0.15) is 34.8 Å². The minimum atomic E-state index is -1.07. The Bertz CT molecular complexity index is 2100. The van der Waals surface area contributed by atoms with Gasteiger partial charge in [-0.15, -0.1) is 0 Å². The average molecular weight is 791 g/mol. The highest BCUT2D eigenvalue weighted by molar-refractivity contribution is 6.25. The van der Waals surface area contributed by atoms with Crippen LogP contribution in [0.15, 0.2) is 36.4 Å². The van der Waals surface area contributed by atoms with Crippen LogP contribution in [0.4, 0.5) is 0 Å². The molecule has 0 aromatic heterocycles. The van der Waals surface area contributed by atoms with E-state index in [0.29, 0.717) is 0 Å². The van der Waals surface area contributed by atoms with E-state index in [4.69, 9.17) is 18.9 Å². The Labute approximate surface area is 326 Å². The van der Waals surface area contributed by atoms with Crippen LogP contribution in [0.2, 0.25) is 0 Å². The van der Waals surface area contributed by atoms with E-state index >= 15 is 0 Å². The molecular weight excluding hydrogens is 748 g/mol. The first-order chi connectivity index (χ1) is 26.6. The molecule has 2 saturated heterocycles. The number of carbonyl (C=O) groups is 10. The number of likely N-dealkylation sites (N-methyl/N-ethyl adjacent to an activating group) is 1. The lowest BCUT2D eigenvalue weighted by Crippen LogP contribution is -2.54. The molecular formula is C39H42N4O14. The number of nitrogens with zero attached hydrogens (tertiary/aromatic N) is 3. The SMILES string of the molecule is CC(C)(C)OC(=O)COc1cccc2c1C(=O)N(C1CCC(=O)NC1=O)C2=O.CN1C(=O)CCC(N2C(=O)c3cccc(OCC(=O)OC(C)(C)C)c3C2=O)C1=O. The quantitative estimate of drug-likeness (QED) is 0.298. The summed E-state index contributed by atoms with van der Waals surface area (Å²) in [6, 6.07) is 6.75. The van der Waals surface area contributed by atoms with Gasteiger partial charge in [0.15, 0.2) is 13.2 Å². The molecule has 18 heteroatoms. The summed E-state index contributed by atoms with van der Waals surface area (Å²) < 4.78 is 21.2. The smallest absolute Gasteiger partial charge is 0.344 e. The normalized spacial score (nSPS) is 19.5. The Morgan fingerprint density at radius 3 is 1.53 bits per heavy atom. The minimum absolute atomic E-state index is 0.00610. The van der Waals surface area contributed by atoms with Gasteiger partial charge in [-0.05, 0) is 78.6 Å². The van der Waals surface area contributed by atoms with Crippen molar-refractivity contribution in [3.8, 4) is 11.5 Å². The molecule has 2 unspecified atom stereocenters. The lowest BCUT2D eigenvalue weighted by molar-refractivity contribution is -0.158. The number of rotatable bonds is 8. The van der Waals surface area contributed by atoms with Crippen LogP contribution in [0.3, 0.4) is 0 Å². The van der Waals surface area contributed by atoms with Crippen LogP contribution in [0.5, 0.6) is 11.5 Å². The van der Waals surface area contributed by atoms with Crippen molar-refractivity contribution in [2.45, 2.75) is 90.5 Å². The summed E-state index contributed by atoms with van der Waals surface area (Å²) in [7, 11) is 1.32. The Morgan fingerprint density at radius 2 is 1.09 bits per heavy atom. The van der Waals surface area contributed by atoms with Crippen molar-refractivity contribution in [3.63, 3.8) is 0 Å². The van der Waals surface area contributed by atoms with Crippen molar-refractivity contribution in [1.29, 1.82) is 0 Å². The maximum Gasteiger partial charge on any atom is 0.344 e. The van der Waals surface area contributed by atoms with E-state index in [2.05, 4.69) is 5.32 Å². The fourth-order valence-corrected chi connectivity index (χ4v) is 6.43. The lowest BCUT2D eigenvalue weighted by Gasteiger charge is -2.32. The van der Waals surface area contributed by atoms with E-state index in [1.165, 1.54) is 43.4 Å². The zero-order valence-electron chi connectivity index (χ0n) is 32.4. The van der Waals surface area contributed by atoms with E-state index in [-0.39, 0.29) is 65.3 Å². The monoisotopic (exact) mass is 790 g/mol. The molecule has 302 valence electrons.